The Morgan fingerprint density at radius 3 is 2.25 bits per heavy atom. The summed E-state index contributed by atoms with van der Waals surface area (Å²) in [6, 6.07) is 1.53. The number of hydrogen-bond acceptors (Lipinski definition) is 3. The largest absolute Gasteiger partial charge is 0.479 e. The van der Waals surface area contributed by atoms with Gasteiger partial charge in [-0.05, 0) is 6.07 Å². The maximum absolute atomic E-state index is 13.0. The summed E-state index contributed by atoms with van der Waals surface area (Å²) < 4.78 is 25.9. The second kappa shape index (κ2) is 4.44. The number of rotatable bonds is 3. The van der Waals surface area contributed by atoms with E-state index < -0.39 is 23.7 Å². The van der Waals surface area contributed by atoms with Crippen LogP contribution in [-0.4, -0.2) is 30.3 Å². The van der Waals surface area contributed by atoms with Gasteiger partial charge in [-0.1, -0.05) is 0 Å². The van der Waals surface area contributed by atoms with Crippen LogP contribution in [0.2, 0.25) is 0 Å². The molecule has 0 bridgehead atoms. The average Bonchev–Trinajstić information content (AvgIpc) is 2.19. The van der Waals surface area contributed by atoms with E-state index in [-0.39, 0.29) is 11.3 Å². The van der Waals surface area contributed by atoms with Gasteiger partial charge >= 0.3 is 5.97 Å². The molecular formula is C10H11F2NO3. The van der Waals surface area contributed by atoms with Crippen molar-refractivity contribution < 1.29 is 23.8 Å². The Morgan fingerprint density at radius 2 is 1.81 bits per heavy atom. The van der Waals surface area contributed by atoms with Crippen molar-refractivity contribution >= 4 is 11.7 Å². The first-order valence-corrected chi connectivity index (χ1v) is 4.41. The second-order valence-electron chi connectivity index (χ2n) is 3.46. The maximum atomic E-state index is 13.0. The summed E-state index contributed by atoms with van der Waals surface area (Å²) in [5.41, 5.74) is -0.0646. The summed E-state index contributed by atoms with van der Waals surface area (Å²) in [6.07, 6.45) is -1.88. The number of anilines is 1. The highest BCUT2D eigenvalue weighted by molar-refractivity contribution is 5.77. The molecule has 1 rings (SSSR count). The standard InChI is InChI=1S/C10H11F2NO3/c1-13(2)8-4-7(12)6(11)3-5(8)9(14)10(15)16/h3-4,9,14H,1-2H3,(H,15,16). The van der Waals surface area contributed by atoms with Gasteiger partial charge < -0.3 is 15.1 Å². The molecule has 2 N–H and O–H groups in total. The van der Waals surface area contributed by atoms with Gasteiger partial charge in [0.15, 0.2) is 17.7 Å². The van der Waals surface area contributed by atoms with Crippen molar-refractivity contribution in [3.05, 3.63) is 29.3 Å². The molecular weight excluding hydrogens is 220 g/mol. The fraction of sp³-hybridized carbons (Fsp3) is 0.300. The van der Waals surface area contributed by atoms with Crippen molar-refractivity contribution in [2.24, 2.45) is 0 Å². The molecule has 0 aliphatic heterocycles. The molecule has 0 aromatic heterocycles. The van der Waals surface area contributed by atoms with Gasteiger partial charge in [-0.2, -0.15) is 0 Å². The molecule has 0 radical (unpaired) electrons. The number of aliphatic hydroxyl groups excluding tert-OH is 1. The van der Waals surface area contributed by atoms with Crippen LogP contribution in [0.1, 0.15) is 11.7 Å². The topological polar surface area (TPSA) is 60.8 Å². The summed E-state index contributed by atoms with van der Waals surface area (Å²) in [5.74, 6) is -3.81. The van der Waals surface area contributed by atoms with Gasteiger partial charge in [0.2, 0.25) is 0 Å². The molecule has 1 unspecified atom stereocenters. The first kappa shape index (κ1) is 12.4. The van der Waals surface area contributed by atoms with E-state index in [2.05, 4.69) is 0 Å². The molecule has 16 heavy (non-hydrogen) atoms. The Morgan fingerprint density at radius 1 is 1.31 bits per heavy atom. The van der Waals surface area contributed by atoms with Crippen LogP contribution in [0.15, 0.2) is 12.1 Å². The molecule has 88 valence electrons. The number of carbonyl (C=O) groups is 1. The Labute approximate surface area is 90.7 Å². The minimum absolute atomic E-state index is 0.119. The van der Waals surface area contributed by atoms with Crippen molar-refractivity contribution in [1.29, 1.82) is 0 Å². The molecule has 0 amide bonds. The minimum Gasteiger partial charge on any atom is -0.479 e. The Kier molecular flexibility index (Phi) is 3.44. The van der Waals surface area contributed by atoms with Gasteiger partial charge in [0.25, 0.3) is 0 Å². The molecule has 0 aliphatic carbocycles. The lowest BCUT2D eigenvalue weighted by Gasteiger charge is -2.19. The summed E-state index contributed by atoms with van der Waals surface area (Å²) in [5, 5.41) is 17.9. The Hall–Kier alpha value is -1.69. The van der Waals surface area contributed by atoms with Gasteiger partial charge in [0.1, 0.15) is 0 Å². The fourth-order valence-electron chi connectivity index (χ4n) is 1.29. The number of nitrogens with zero attached hydrogens (tertiary/aromatic N) is 1. The molecule has 0 aliphatic rings. The molecule has 6 heteroatoms. The number of aliphatic carboxylic acids is 1. The van der Waals surface area contributed by atoms with Crippen molar-refractivity contribution in [1.82, 2.24) is 0 Å². The van der Waals surface area contributed by atoms with Crippen molar-refractivity contribution in [3.8, 4) is 0 Å². The molecule has 0 saturated heterocycles. The number of hydrogen-bond donors (Lipinski definition) is 2. The van der Waals surface area contributed by atoms with E-state index in [9.17, 15) is 18.7 Å². The number of benzene rings is 1. The summed E-state index contributed by atoms with van der Waals surface area (Å²) in [6.45, 7) is 0. The van der Waals surface area contributed by atoms with E-state index in [1.54, 1.807) is 0 Å². The van der Waals surface area contributed by atoms with Crippen LogP contribution in [0.3, 0.4) is 0 Å². The highest BCUT2D eigenvalue weighted by atomic mass is 19.2. The first-order chi connectivity index (χ1) is 7.34. The average molecular weight is 231 g/mol. The van der Waals surface area contributed by atoms with E-state index in [1.165, 1.54) is 19.0 Å². The lowest BCUT2D eigenvalue weighted by Crippen LogP contribution is -2.18. The van der Waals surface area contributed by atoms with Crippen LogP contribution >= 0.6 is 0 Å². The molecule has 0 fully saturated rings. The first-order valence-electron chi connectivity index (χ1n) is 4.41. The number of halogens is 2. The van der Waals surface area contributed by atoms with Gasteiger partial charge in [0, 0.05) is 31.4 Å². The third kappa shape index (κ3) is 2.27. The lowest BCUT2D eigenvalue weighted by atomic mass is 10.1. The maximum Gasteiger partial charge on any atom is 0.337 e. The van der Waals surface area contributed by atoms with Crippen molar-refractivity contribution in [2.75, 3.05) is 19.0 Å². The SMILES string of the molecule is CN(C)c1cc(F)c(F)cc1C(O)C(=O)O. The van der Waals surface area contributed by atoms with E-state index in [0.29, 0.717) is 6.07 Å². The zero-order valence-electron chi connectivity index (χ0n) is 8.74. The smallest absolute Gasteiger partial charge is 0.337 e. The van der Waals surface area contributed by atoms with Gasteiger partial charge in [0.05, 0.1) is 0 Å². The molecule has 1 aromatic rings. The second-order valence-corrected chi connectivity index (χ2v) is 3.46. The zero-order chi connectivity index (χ0) is 12.5. The predicted molar refractivity (Wildman–Crippen MR) is 53.3 cm³/mol. The van der Waals surface area contributed by atoms with Crippen LogP contribution in [-0.2, 0) is 4.79 Å². The van der Waals surface area contributed by atoms with E-state index in [4.69, 9.17) is 5.11 Å². The fourth-order valence-corrected chi connectivity index (χ4v) is 1.29. The molecule has 0 saturated carbocycles. The van der Waals surface area contributed by atoms with E-state index >= 15 is 0 Å². The van der Waals surface area contributed by atoms with E-state index in [1.807, 2.05) is 0 Å². The van der Waals surface area contributed by atoms with Gasteiger partial charge in [-0.25, -0.2) is 13.6 Å². The zero-order valence-corrected chi connectivity index (χ0v) is 8.74. The molecule has 0 heterocycles. The third-order valence-electron chi connectivity index (χ3n) is 2.08. The lowest BCUT2D eigenvalue weighted by molar-refractivity contribution is -0.146. The molecule has 0 spiro atoms. The Balaban J connectivity index is 3.35. The number of carboxylic acids is 1. The summed E-state index contributed by atoms with van der Waals surface area (Å²) in [4.78, 5) is 12.0. The quantitative estimate of drug-likeness (QED) is 0.819. The molecule has 1 aromatic carbocycles. The predicted octanol–water partition coefficient (Wildman–Crippen LogP) is 1.15. The normalized spacial score (nSPS) is 12.3. The van der Waals surface area contributed by atoms with Crippen LogP contribution < -0.4 is 4.90 Å². The van der Waals surface area contributed by atoms with Gasteiger partial charge in [-0.15, -0.1) is 0 Å². The molecule has 4 nitrogen and oxygen atoms in total. The highest BCUT2D eigenvalue weighted by Gasteiger charge is 2.22. The Bertz CT molecular complexity index is 421. The van der Waals surface area contributed by atoms with Crippen molar-refractivity contribution in [2.45, 2.75) is 6.10 Å². The number of carboxylic acid groups (broad SMARTS) is 1. The van der Waals surface area contributed by atoms with Crippen LogP contribution in [0.4, 0.5) is 14.5 Å². The summed E-state index contributed by atoms with van der Waals surface area (Å²) >= 11 is 0. The van der Waals surface area contributed by atoms with Gasteiger partial charge in [-0.3, -0.25) is 0 Å². The molecule has 1 atom stereocenters. The van der Waals surface area contributed by atoms with Crippen LogP contribution in [0, 0.1) is 11.6 Å². The minimum atomic E-state index is -1.88. The summed E-state index contributed by atoms with van der Waals surface area (Å²) in [7, 11) is 3.06. The van der Waals surface area contributed by atoms with Crippen LogP contribution in [0.5, 0.6) is 0 Å². The highest BCUT2D eigenvalue weighted by Crippen LogP contribution is 2.28. The third-order valence-corrected chi connectivity index (χ3v) is 2.08. The number of aliphatic hydroxyl groups is 1. The monoisotopic (exact) mass is 231 g/mol. The van der Waals surface area contributed by atoms with Crippen LogP contribution in [0.25, 0.3) is 0 Å². The van der Waals surface area contributed by atoms with E-state index in [0.717, 1.165) is 6.07 Å². The van der Waals surface area contributed by atoms with Crippen molar-refractivity contribution in [3.63, 3.8) is 0 Å².